The lowest BCUT2D eigenvalue weighted by molar-refractivity contribution is 0.232. The van der Waals surface area contributed by atoms with Crippen LogP contribution >= 0.6 is 0 Å². The molecule has 0 spiro atoms. The van der Waals surface area contributed by atoms with Crippen LogP contribution in [0.2, 0.25) is 22.2 Å². The minimum Gasteiger partial charge on any atom is -0.510 e. The van der Waals surface area contributed by atoms with Crippen molar-refractivity contribution in [2.24, 2.45) is 43.3 Å². The van der Waals surface area contributed by atoms with Crippen LogP contribution in [0.1, 0.15) is 166 Å². The molecule has 0 amide bonds. The zero-order valence-corrected chi connectivity index (χ0v) is 41.6. The zero-order valence-electron chi connectivity index (χ0n) is 37.6. The van der Waals surface area contributed by atoms with Gasteiger partial charge in [-0.05, 0) is 75.9 Å². The zero-order chi connectivity index (χ0) is 40.9. The molecule has 0 atom stereocenters. The maximum absolute atomic E-state index is 18.0. The summed E-state index contributed by atoms with van der Waals surface area (Å²) in [4.78, 5) is 0. The Labute approximate surface area is 327 Å². The van der Waals surface area contributed by atoms with Gasteiger partial charge >= 0.3 is 7.32 Å². The molecule has 0 heterocycles. The van der Waals surface area contributed by atoms with Crippen LogP contribution in [0.3, 0.4) is 0 Å². The summed E-state index contributed by atoms with van der Waals surface area (Å²) < 4.78 is 24.0. The Morgan fingerprint density at radius 2 is 0.588 bits per heavy atom. The molecule has 2 N–H and O–H groups in total. The van der Waals surface area contributed by atoms with Crippen LogP contribution < -0.4 is 25.4 Å². The Morgan fingerprint density at radius 3 is 0.804 bits per heavy atom. The first-order chi connectivity index (χ1) is 22.1. The number of halogens is 1. The third-order valence-corrected chi connectivity index (χ3v) is 21.6. The van der Waals surface area contributed by atoms with Crippen molar-refractivity contribution < 1.29 is 19.1 Å². The molecule has 51 heavy (non-hydrogen) atoms. The number of hydrogen-bond acceptors (Lipinski definition) is 3. The van der Waals surface area contributed by atoms with Gasteiger partial charge in [-0.3, -0.25) is 0 Å². The smallest absolute Gasteiger partial charge is 0.510 e. The molecule has 1 rings (SSSR count). The Hall–Kier alpha value is -0.198. The summed E-state index contributed by atoms with van der Waals surface area (Å²) in [6, 6.07) is 0. The van der Waals surface area contributed by atoms with Gasteiger partial charge in [0.2, 0.25) is 0 Å². The predicted molar refractivity (Wildman–Crippen MR) is 229 cm³/mol. The predicted octanol–water partition coefficient (Wildman–Crippen LogP) is 9.01. The molecule has 8 radical (unpaired) electrons. The minimum absolute atomic E-state index is 0.0207. The summed E-state index contributed by atoms with van der Waals surface area (Å²) in [6.45, 7) is 55.5. The molecule has 0 saturated heterocycles. The lowest BCUT2D eigenvalue weighted by Gasteiger charge is -2.45. The molecule has 9 heteroatoms. The SMILES string of the molecule is CC(C)(C)C([Si]c1c(F)c(OB(O)O)c([Si]C(C(C)(C)C)C(C)(C)C)c([Si]C(C(C)(C)C)C(C)(C)C)c1[Si]C(C(C)(C)C)C(C)(C)C)C(C)(C)C. The van der Waals surface area contributed by atoms with Gasteiger partial charge in [0.1, 0.15) is 5.75 Å². The van der Waals surface area contributed by atoms with E-state index in [0.717, 1.165) is 10.4 Å². The standard InChI is InChI=1S/C42H78BFO3Si4/c1-35(2,3)31(36(4,5)6)48-27-25(44)26(47-43(45)46)28(49-32(37(7,8)9)38(10,11)12)30(51-34(41(19,20)21)42(22,23)24)29(27)50-33(39(13,14)15)40(16,17)18/h31-34,45-46H,1-24H3. The summed E-state index contributed by atoms with van der Waals surface area (Å²) in [7, 11) is -0.935. The average molecular weight is 773 g/mol. The van der Waals surface area contributed by atoms with Crippen molar-refractivity contribution in [2.75, 3.05) is 0 Å². The van der Waals surface area contributed by atoms with E-state index in [1.807, 2.05) is 0 Å². The van der Waals surface area contributed by atoms with Gasteiger partial charge < -0.3 is 14.7 Å². The quantitative estimate of drug-likeness (QED) is 0.234. The third kappa shape index (κ3) is 13.5. The third-order valence-electron chi connectivity index (χ3n) is 9.70. The van der Waals surface area contributed by atoms with Gasteiger partial charge in [-0.2, -0.15) is 0 Å². The Bertz CT molecular complexity index is 1250. The van der Waals surface area contributed by atoms with E-state index in [4.69, 9.17) is 4.65 Å². The van der Waals surface area contributed by atoms with Crippen molar-refractivity contribution in [3.05, 3.63) is 5.82 Å². The van der Waals surface area contributed by atoms with Gasteiger partial charge in [0.25, 0.3) is 0 Å². The molecule has 0 saturated carbocycles. The van der Waals surface area contributed by atoms with Crippen LogP contribution in [0.5, 0.6) is 5.75 Å². The molecule has 290 valence electrons. The molecule has 0 unspecified atom stereocenters. The first kappa shape index (κ1) is 48.8. The van der Waals surface area contributed by atoms with Crippen LogP contribution in [0.15, 0.2) is 0 Å². The van der Waals surface area contributed by atoms with Gasteiger partial charge in [-0.15, -0.1) is 0 Å². The highest BCUT2D eigenvalue weighted by Crippen LogP contribution is 2.48. The van der Waals surface area contributed by atoms with Crippen molar-refractivity contribution in [2.45, 2.75) is 188 Å². The van der Waals surface area contributed by atoms with Crippen molar-refractivity contribution in [3.63, 3.8) is 0 Å². The van der Waals surface area contributed by atoms with E-state index in [0.29, 0.717) is 19.0 Å². The van der Waals surface area contributed by atoms with Crippen LogP contribution in [0.25, 0.3) is 0 Å². The summed E-state index contributed by atoms with van der Waals surface area (Å²) in [5.74, 6) is -0.323. The lowest BCUT2D eigenvalue weighted by atomic mass is 9.76. The van der Waals surface area contributed by atoms with Crippen molar-refractivity contribution >= 4 is 66.1 Å². The van der Waals surface area contributed by atoms with E-state index in [1.165, 1.54) is 10.4 Å². The molecule has 0 aliphatic carbocycles. The average Bonchev–Trinajstić information content (AvgIpc) is 2.79. The highest BCUT2D eigenvalue weighted by molar-refractivity contribution is 6.80. The van der Waals surface area contributed by atoms with E-state index in [2.05, 4.69) is 166 Å². The number of benzene rings is 1. The van der Waals surface area contributed by atoms with Crippen molar-refractivity contribution in [1.29, 1.82) is 0 Å². The van der Waals surface area contributed by atoms with Gasteiger partial charge in [0.15, 0.2) is 5.82 Å². The Balaban J connectivity index is 4.89. The molecular formula is C42H78BFO3Si4. The van der Waals surface area contributed by atoms with E-state index in [1.54, 1.807) is 0 Å². The van der Waals surface area contributed by atoms with E-state index >= 15 is 4.39 Å². The van der Waals surface area contributed by atoms with E-state index in [-0.39, 0.29) is 96.1 Å². The van der Waals surface area contributed by atoms with Crippen molar-refractivity contribution in [3.8, 4) is 5.75 Å². The fourth-order valence-electron chi connectivity index (χ4n) is 8.98. The van der Waals surface area contributed by atoms with Gasteiger partial charge in [0.05, 0.1) is 38.1 Å². The molecule has 0 fully saturated rings. The maximum Gasteiger partial charge on any atom is 0.707 e. The Kier molecular flexibility index (Phi) is 15.4. The molecule has 0 aliphatic heterocycles. The number of hydrogen-bond donors (Lipinski definition) is 2. The molecule has 0 aliphatic rings. The van der Waals surface area contributed by atoms with E-state index < -0.39 is 7.32 Å². The Morgan fingerprint density at radius 1 is 0.392 bits per heavy atom. The van der Waals surface area contributed by atoms with Crippen LogP contribution in [0.4, 0.5) is 4.39 Å². The summed E-state index contributed by atoms with van der Waals surface area (Å²) in [6.07, 6.45) is 0. The second kappa shape index (κ2) is 16.1. The monoisotopic (exact) mass is 773 g/mol. The molecule has 0 bridgehead atoms. The molecular weight excluding hydrogens is 695 g/mol. The maximum atomic E-state index is 18.0. The van der Waals surface area contributed by atoms with Crippen molar-refractivity contribution in [1.82, 2.24) is 0 Å². The molecule has 3 nitrogen and oxygen atoms in total. The van der Waals surface area contributed by atoms with Crippen LogP contribution in [-0.2, 0) is 0 Å². The highest BCUT2D eigenvalue weighted by atomic mass is 28.2. The van der Waals surface area contributed by atoms with Crippen LogP contribution in [0, 0.1) is 49.1 Å². The number of rotatable bonds is 10. The molecule has 0 aromatic heterocycles. The van der Waals surface area contributed by atoms with Gasteiger partial charge in [-0.25, -0.2) is 4.39 Å². The second-order valence-corrected chi connectivity index (χ2v) is 29.3. The van der Waals surface area contributed by atoms with Gasteiger partial charge in [-0.1, -0.05) is 177 Å². The topological polar surface area (TPSA) is 49.7 Å². The fourth-order valence-corrected chi connectivity index (χ4v) is 17.3. The first-order valence-electron chi connectivity index (χ1n) is 19.1. The van der Waals surface area contributed by atoms with E-state index in [9.17, 15) is 10.0 Å². The largest absolute Gasteiger partial charge is 0.707 e. The van der Waals surface area contributed by atoms with Gasteiger partial charge in [0, 0.05) is 0 Å². The first-order valence-corrected chi connectivity index (χ1v) is 23.4. The summed E-state index contributed by atoms with van der Waals surface area (Å²) >= 11 is 0. The lowest BCUT2D eigenvalue weighted by Crippen LogP contribution is -2.63. The fraction of sp³-hybridized carbons (Fsp3) is 0.857. The second-order valence-electron chi connectivity index (χ2n) is 23.8. The molecule has 1 aromatic carbocycles. The highest BCUT2D eigenvalue weighted by Gasteiger charge is 2.45. The van der Waals surface area contributed by atoms with Crippen LogP contribution in [-0.4, -0.2) is 55.4 Å². The summed E-state index contributed by atoms with van der Waals surface area (Å²) in [5.41, 5.74) is 0.533. The molecule has 1 aromatic rings. The summed E-state index contributed by atoms with van der Waals surface area (Å²) in [5, 5.41) is 25.0. The minimum atomic E-state index is -2.12. The normalized spacial score (nSPS) is 14.8.